The Bertz CT molecular complexity index is 616. The van der Waals surface area contributed by atoms with Crippen LogP contribution in [0.25, 0.3) is 0 Å². The van der Waals surface area contributed by atoms with E-state index < -0.39 is 0 Å². The van der Waals surface area contributed by atoms with Crippen LogP contribution in [0.1, 0.15) is 48.9 Å². The zero-order valence-corrected chi connectivity index (χ0v) is 14.7. The van der Waals surface area contributed by atoms with Crippen molar-refractivity contribution in [1.82, 2.24) is 0 Å². The lowest BCUT2D eigenvalue weighted by Crippen LogP contribution is -2.50. The second kappa shape index (κ2) is 5.73. The Balaban J connectivity index is 1.41. The van der Waals surface area contributed by atoms with Crippen LogP contribution < -0.4 is 0 Å². The van der Waals surface area contributed by atoms with Crippen LogP contribution in [-0.2, 0) is 9.53 Å². The second-order valence-corrected chi connectivity index (χ2v) is 8.62. The molecule has 122 valence electrons. The van der Waals surface area contributed by atoms with Gasteiger partial charge in [0.1, 0.15) is 0 Å². The Morgan fingerprint density at radius 3 is 2.26 bits per heavy atom. The third-order valence-electron chi connectivity index (χ3n) is 5.95. The zero-order valence-electron chi connectivity index (χ0n) is 13.1. The minimum absolute atomic E-state index is 0.125. The number of rotatable bonds is 4. The van der Waals surface area contributed by atoms with E-state index in [1.807, 2.05) is 12.1 Å². The van der Waals surface area contributed by atoms with E-state index in [1.54, 1.807) is 12.1 Å². The molecule has 4 aliphatic carbocycles. The summed E-state index contributed by atoms with van der Waals surface area (Å²) in [6, 6.07) is 7.21. The summed E-state index contributed by atoms with van der Waals surface area (Å²) < 4.78 is 6.34. The van der Waals surface area contributed by atoms with Gasteiger partial charge in [-0.2, -0.15) is 0 Å². The lowest BCUT2D eigenvalue weighted by molar-refractivity contribution is -0.170. The molecule has 1 aromatic carbocycles. The van der Waals surface area contributed by atoms with Crippen LogP contribution in [0, 0.1) is 23.2 Å². The van der Waals surface area contributed by atoms with Gasteiger partial charge in [-0.3, -0.25) is 9.59 Å². The minimum atomic E-state index is -0.285. The largest absolute Gasteiger partial charge is 0.457 e. The maximum absolute atomic E-state index is 12.7. The Hall–Kier alpha value is -1.16. The first kappa shape index (κ1) is 15.4. The van der Waals surface area contributed by atoms with Crippen molar-refractivity contribution < 1.29 is 14.3 Å². The molecule has 0 aliphatic heterocycles. The lowest BCUT2D eigenvalue weighted by Gasteiger charge is -2.55. The molecule has 4 aliphatic rings. The van der Waals surface area contributed by atoms with Crippen molar-refractivity contribution in [2.45, 2.75) is 38.5 Å². The van der Waals surface area contributed by atoms with E-state index >= 15 is 0 Å². The summed E-state index contributed by atoms with van der Waals surface area (Å²) in [5.74, 6) is 1.85. The number of hydrogen-bond donors (Lipinski definition) is 0. The normalized spacial score (nSPS) is 34.4. The monoisotopic (exact) mass is 376 g/mol. The molecule has 23 heavy (non-hydrogen) atoms. The van der Waals surface area contributed by atoms with Crippen molar-refractivity contribution in [2.75, 3.05) is 6.61 Å². The van der Waals surface area contributed by atoms with Gasteiger partial charge in [-0.1, -0.05) is 28.1 Å². The van der Waals surface area contributed by atoms with Gasteiger partial charge in [0.15, 0.2) is 12.4 Å². The highest BCUT2D eigenvalue weighted by molar-refractivity contribution is 9.10. The van der Waals surface area contributed by atoms with Gasteiger partial charge in [0.05, 0.1) is 5.41 Å². The SMILES string of the molecule is O=C(COC(=O)C12CC3CC(CC(C3)C1)C2)c1cccc(Br)c1. The summed E-state index contributed by atoms with van der Waals surface area (Å²) >= 11 is 3.36. The molecule has 0 radical (unpaired) electrons. The Morgan fingerprint density at radius 2 is 1.70 bits per heavy atom. The molecule has 5 rings (SSSR count). The topological polar surface area (TPSA) is 43.4 Å². The molecule has 3 nitrogen and oxygen atoms in total. The van der Waals surface area contributed by atoms with E-state index in [9.17, 15) is 9.59 Å². The molecule has 0 saturated heterocycles. The summed E-state index contributed by atoms with van der Waals surface area (Å²) in [5, 5.41) is 0. The Morgan fingerprint density at radius 1 is 1.09 bits per heavy atom. The predicted octanol–water partition coefficient (Wildman–Crippen LogP) is 4.39. The van der Waals surface area contributed by atoms with Crippen LogP contribution in [0.2, 0.25) is 0 Å². The predicted molar refractivity (Wildman–Crippen MR) is 90.0 cm³/mol. The third-order valence-corrected chi connectivity index (χ3v) is 6.45. The van der Waals surface area contributed by atoms with E-state index in [0.29, 0.717) is 23.3 Å². The van der Waals surface area contributed by atoms with Gasteiger partial charge in [-0.15, -0.1) is 0 Å². The smallest absolute Gasteiger partial charge is 0.312 e. The third kappa shape index (κ3) is 2.86. The molecule has 1 aromatic rings. The second-order valence-electron chi connectivity index (χ2n) is 7.71. The average molecular weight is 377 g/mol. The number of carbonyl (C=O) groups is 2. The fraction of sp³-hybridized carbons (Fsp3) is 0.579. The summed E-state index contributed by atoms with van der Waals surface area (Å²) in [6.07, 6.45) is 6.81. The molecule has 0 amide bonds. The number of carbonyl (C=O) groups excluding carboxylic acids is 2. The number of halogens is 1. The van der Waals surface area contributed by atoms with Gasteiger partial charge in [0.2, 0.25) is 0 Å². The minimum Gasteiger partial charge on any atom is -0.457 e. The number of hydrogen-bond acceptors (Lipinski definition) is 3. The van der Waals surface area contributed by atoms with E-state index in [2.05, 4.69) is 15.9 Å². The number of ether oxygens (including phenoxy) is 1. The number of ketones is 1. The summed E-state index contributed by atoms with van der Waals surface area (Å²) in [4.78, 5) is 24.9. The highest BCUT2D eigenvalue weighted by Crippen LogP contribution is 2.60. The first-order chi connectivity index (χ1) is 11.0. The summed E-state index contributed by atoms with van der Waals surface area (Å²) in [7, 11) is 0. The standard InChI is InChI=1S/C19H21BrO3/c20-16-3-1-2-15(7-16)17(21)11-23-18(22)19-8-12-4-13(9-19)6-14(5-12)10-19/h1-3,7,12-14H,4-6,8-11H2. The van der Waals surface area contributed by atoms with Crippen molar-refractivity contribution in [3.05, 3.63) is 34.3 Å². The van der Waals surface area contributed by atoms with Crippen molar-refractivity contribution >= 4 is 27.7 Å². The van der Waals surface area contributed by atoms with Crippen molar-refractivity contribution in [2.24, 2.45) is 23.2 Å². The zero-order chi connectivity index (χ0) is 16.0. The number of Topliss-reactive ketones (excluding diaryl/α,β-unsaturated/α-hetero) is 1. The van der Waals surface area contributed by atoms with Crippen LogP contribution in [0.4, 0.5) is 0 Å². The fourth-order valence-electron chi connectivity index (χ4n) is 5.39. The maximum Gasteiger partial charge on any atom is 0.312 e. The molecular weight excluding hydrogens is 356 g/mol. The van der Waals surface area contributed by atoms with Crippen LogP contribution in [0.5, 0.6) is 0 Å². The molecule has 0 N–H and O–H groups in total. The van der Waals surface area contributed by atoms with Crippen molar-refractivity contribution in [3.8, 4) is 0 Å². The molecule has 0 heterocycles. The van der Waals surface area contributed by atoms with Gasteiger partial charge in [-0.25, -0.2) is 0 Å². The first-order valence-electron chi connectivity index (χ1n) is 8.50. The van der Waals surface area contributed by atoms with Crippen molar-refractivity contribution in [1.29, 1.82) is 0 Å². The molecule has 0 spiro atoms. The summed E-state index contributed by atoms with van der Waals surface area (Å²) in [5.41, 5.74) is 0.296. The quantitative estimate of drug-likeness (QED) is 0.577. The maximum atomic E-state index is 12.7. The molecular formula is C19H21BrO3. The van der Waals surface area contributed by atoms with Crippen LogP contribution in [-0.4, -0.2) is 18.4 Å². The van der Waals surface area contributed by atoms with E-state index in [0.717, 1.165) is 23.7 Å². The van der Waals surface area contributed by atoms with E-state index in [4.69, 9.17) is 4.74 Å². The number of benzene rings is 1. The van der Waals surface area contributed by atoms with Gasteiger partial charge < -0.3 is 4.74 Å². The molecule has 4 saturated carbocycles. The van der Waals surface area contributed by atoms with Crippen LogP contribution in [0.3, 0.4) is 0 Å². The molecule has 0 unspecified atom stereocenters. The Labute approximate surface area is 144 Å². The average Bonchev–Trinajstić information content (AvgIpc) is 2.51. The van der Waals surface area contributed by atoms with Gasteiger partial charge in [0, 0.05) is 10.0 Å². The molecule has 0 atom stereocenters. The van der Waals surface area contributed by atoms with Gasteiger partial charge in [0.25, 0.3) is 0 Å². The lowest BCUT2D eigenvalue weighted by atomic mass is 9.49. The number of esters is 1. The van der Waals surface area contributed by atoms with Crippen LogP contribution >= 0.6 is 15.9 Å². The molecule has 4 bridgehead atoms. The highest BCUT2D eigenvalue weighted by atomic mass is 79.9. The Kier molecular flexibility index (Phi) is 3.83. The van der Waals surface area contributed by atoms with E-state index in [1.165, 1.54) is 19.3 Å². The fourth-order valence-corrected chi connectivity index (χ4v) is 5.79. The molecule has 4 heteroatoms. The van der Waals surface area contributed by atoms with Gasteiger partial charge >= 0.3 is 5.97 Å². The molecule has 0 aromatic heterocycles. The first-order valence-corrected chi connectivity index (χ1v) is 9.29. The van der Waals surface area contributed by atoms with Crippen LogP contribution in [0.15, 0.2) is 28.7 Å². The summed E-state index contributed by atoms with van der Waals surface area (Å²) in [6.45, 7) is -0.142. The van der Waals surface area contributed by atoms with E-state index in [-0.39, 0.29) is 23.8 Å². The van der Waals surface area contributed by atoms with Crippen molar-refractivity contribution in [3.63, 3.8) is 0 Å². The molecule has 4 fully saturated rings. The highest BCUT2D eigenvalue weighted by Gasteiger charge is 2.55. The van der Waals surface area contributed by atoms with Gasteiger partial charge in [-0.05, 0) is 68.4 Å².